The number of hydrogen-bond acceptors (Lipinski definition) is 3. The van der Waals surface area contributed by atoms with Crippen molar-refractivity contribution in [2.75, 3.05) is 6.54 Å². The molecular weight excluding hydrogens is 432 g/mol. The minimum absolute atomic E-state index is 0.0132. The minimum Gasteiger partial charge on any atom is -0.330 e. The summed E-state index contributed by atoms with van der Waals surface area (Å²) in [4.78, 5) is 31.2. The van der Waals surface area contributed by atoms with Gasteiger partial charge in [-0.1, -0.05) is 54.5 Å². The van der Waals surface area contributed by atoms with Crippen LogP contribution in [0.2, 0.25) is 0 Å². The number of rotatable bonds is 1. The van der Waals surface area contributed by atoms with Crippen LogP contribution >= 0.6 is 0 Å². The van der Waals surface area contributed by atoms with Crippen LogP contribution in [-0.2, 0) is 9.59 Å². The number of carbonyl (C=O) groups is 2. The van der Waals surface area contributed by atoms with Crippen LogP contribution in [0.25, 0.3) is 4.85 Å². The van der Waals surface area contributed by atoms with E-state index in [9.17, 15) is 9.59 Å². The highest BCUT2D eigenvalue weighted by atomic mass is 16.1. The largest absolute Gasteiger partial charge is 0.330 e. The number of fused-ring (bicyclic) bond motifs is 7. The Morgan fingerprint density at radius 1 is 0.971 bits per heavy atom. The summed E-state index contributed by atoms with van der Waals surface area (Å²) in [7, 11) is 0. The minimum atomic E-state index is -0.581. The highest BCUT2D eigenvalue weighted by Crippen LogP contribution is 2.76. The van der Waals surface area contributed by atoms with Crippen molar-refractivity contribution >= 4 is 11.6 Å². The van der Waals surface area contributed by atoms with E-state index in [1.807, 2.05) is 19.9 Å². The lowest BCUT2D eigenvalue weighted by molar-refractivity contribution is -0.174. The van der Waals surface area contributed by atoms with Crippen LogP contribution in [0, 0.1) is 62.7 Å². The zero-order valence-corrected chi connectivity index (χ0v) is 22.9. The zero-order chi connectivity index (χ0) is 25.8. The summed E-state index contributed by atoms with van der Waals surface area (Å²) in [6.45, 7) is 24.2. The number of ketones is 2. The molecule has 5 aliphatic rings. The normalized spacial score (nSPS) is 47.0. The van der Waals surface area contributed by atoms with Gasteiger partial charge in [-0.2, -0.15) is 0 Å². The summed E-state index contributed by atoms with van der Waals surface area (Å²) in [5.74, 6) is 3.08. The van der Waals surface area contributed by atoms with E-state index in [1.54, 1.807) is 0 Å². The van der Waals surface area contributed by atoms with Gasteiger partial charge in [-0.05, 0) is 96.3 Å². The Morgan fingerprint density at radius 3 is 2.26 bits per heavy atom. The van der Waals surface area contributed by atoms with Gasteiger partial charge in [0.1, 0.15) is 5.78 Å². The third-order valence-electron chi connectivity index (χ3n) is 12.3. The summed E-state index contributed by atoms with van der Waals surface area (Å²) in [5.41, 5.74) is 5.77. The van der Waals surface area contributed by atoms with Gasteiger partial charge in [-0.3, -0.25) is 4.79 Å². The second-order valence-corrected chi connectivity index (χ2v) is 14.8. The average Bonchev–Trinajstić information content (AvgIpc) is 2.77. The van der Waals surface area contributed by atoms with Crippen LogP contribution in [0.4, 0.5) is 0 Å². The molecular formula is C31H44N2O2. The van der Waals surface area contributed by atoms with Gasteiger partial charge in [0.25, 0.3) is 0 Å². The molecule has 4 saturated carbocycles. The summed E-state index contributed by atoms with van der Waals surface area (Å²) < 4.78 is 0. The molecule has 0 aromatic rings. The van der Waals surface area contributed by atoms with Crippen molar-refractivity contribution in [1.29, 1.82) is 0 Å². The van der Waals surface area contributed by atoms with Crippen molar-refractivity contribution in [3.05, 3.63) is 35.0 Å². The van der Waals surface area contributed by atoms with E-state index in [-0.39, 0.29) is 50.4 Å². The highest BCUT2D eigenvalue weighted by Gasteiger charge is 2.72. The van der Waals surface area contributed by atoms with Crippen molar-refractivity contribution in [3.63, 3.8) is 0 Å². The zero-order valence-electron chi connectivity index (χ0n) is 22.9. The first-order chi connectivity index (χ1) is 16.1. The molecule has 190 valence electrons. The van der Waals surface area contributed by atoms with Crippen molar-refractivity contribution < 1.29 is 9.59 Å². The number of carbonyl (C=O) groups excluding carboxylic acids is 2. The van der Waals surface area contributed by atoms with Gasteiger partial charge in [0.15, 0.2) is 5.78 Å². The fraction of sp³-hybridized carbons (Fsp3) is 0.774. The summed E-state index contributed by atoms with van der Waals surface area (Å²) in [6.07, 6.45) is 9.80. The first kappa shape index (κ1) is 25.2. The number of hydrogen-bond donors (Lipinski definition) is 1. The van der Waals surface area contributed by atoms with Crippen LogP contribution in [0.5, 0.6) is 0 Å². The standard InChI is InChI=1S/C31H44N2O2/c1-26(2)11-13-31(18-32)14-12-30(7)24(19(31)16-26)21(34)15-23-28(5)17-20(33-8)25(35)27(3,4)22(28)9-10-29(23,30)6/h17,22-23H,9-16,18,32H2,1-7H3/t22-,23+,28-,29+,30+,31+/m0/s1. The predicted octanol–water partition coefficient (Wildman–Crippen LogP) is 6.51. The lowest BCUT2D eigenvalue weighted by Crippen LogP contribution is -2.68. The molecule has 0 bridgehead atoms. The molecule has 2 N–H and O–H groups in total. The Morgan fingerprint density at radius 2 is 1.63 bits per heavy atom. The average molecular weight is 477 g/mol. The fourth-order valence-corrected chi connectivity index (χ4v) is 9.96. The van der Waals surface area contributed by atoms with Gasteiger partial charge in [-0.25, -0.2) is 4.85 Å². The molecule has 0 aromatic heterocycles. The highest BCUT2D eigenvalue weighted by molar-refractivity contribution is 6.03. The maximum atomic E-state index is 14.3. The number of nitrogens with zero attached hydrogens (tertiary/aromatic N) is 1. The van der Waals surface area contributed by atoms with E-state index < -0.39 is 5.41 Å². The SMILES string of the molecule is [C-]#[N+]C1=C[C@]2(C)[C@H]3CC(=O)[C]4[C]5CC(C)(C)CC[C@]5(CN)CC[C@@]4(C)[C@]3(C)CC[C@H]2C(C)(C)C1=O. The number of nitrogens with two attached hydrogens (primary N) is 1. The maximum Gasteiger partial charge on any atom is 0.226 e. The van der Waals surface area contributed by atoms with E-state index in [4.69, 9.17) is 12.3 Å². The van der Waals surface area contributed by atoms with Gasteiger partial charge >= 0.3 is 0 Å². The molecule has 35 heavy (non-hydrogen) atoms. The van der Waals surface area contributed by atoms with E-state index in [2.05, 4.69) is 39.5 Å². The quantitative estimate of drug-likeness (QED) is 0.439. The molecule has 0 heterocycles. The van der Waals surface area contributed by atoms with E-state index in [0.29, 0.717) is 18.7 Å². The second kappa shape index (κ2) is 7.31. The lowest BCUT2D eigenvalue weighted by Gasteiger charge is -2.71. The molecule has 5 aliphatic carbocycles. The maximum absolute atomic E-state index is 14.3. The van der Waals surface area contributed by atoms with Gasteiger partial charge in [0.2, 0.25) is 5.70 Å². The first-order valence-electron chi connectivity index (χ1n) is 13.7. The molecule has 4 heteroatoms. The molecule has 4 fully saturated rings. The van der Waals surface area contributed by atoms with Crippen molar-refractivity contribution in [1.82, 2.24) is 0 Å². The molecule has 0 unspecified atom stereocenters. The van der Waals surface area contributed by atoms with Crippen molar-refractivity contribution in [3.8, 4) is 0 Å². The van der Waals surface area contributed by atoms with E-state index in [0.717, 1.165) is 44.4 Å². The topological polar surface area (TPSA) is 64.5 Å². The third kappa shape index (κ3) is 3.00. The Bertz CT molecular complexity index is 1050. The Balaban J connectivity index is 1.63. The Kier molecular flexibility index (Phi) is 5.26. The molecule has 4 nitrogen and oxygen atoms in total. The van der Waals surface area contributed by atoms with Crippen LogP contribution in [0.3, 0.4) is 0 Å². The van der Waals surface area contributed by atoms with Gasteiger partial charge < -0.3 is 10.5 Å². The number of allylic oxidation sites excluding steroid dienone is 2. The Hall–Kier alpha value is -1.47. The van der Waals surface area contributed by atoms with Crippen LogP contribution in [-0.4, -0.2) is 18.1 Å². The van der Waals surface area contributed by atoms with Gasteiger partial charge in [-0.15, -0.1) is 0 Å². The monoisotopic (exact) mass is 476 g/mol. The van der Waals surface area contributed by atoms with Crippen molar-refractivity contribution in [2.45, 2.75) is 99.8 Å². The molecule has 2 radical (unpaired) electrons. The lowest BCUT2D eigenvalue weighted by atomic mass is 9.31. The summed E-state index contributed by atoms with van der Waals surface area (Å²) >= 11 is 0. The molecule has 0 saturated heterocycles. The smallest absolute Gasteiger partial charge is 0.226 e. The van der Waals surface area contributed by atoms with E-state index in [1.165, 1.54) is 12.3 Å². The first-order valence-corrected chi connectivity index (χ1v) is 13.7. The molecule has 0 spiro atoms. The molecule has 6 atom stereocenters. The van der Waals surface area contributed by atoms with Crippen LogP contribution in [0.15, 0.2) is 11.8 Å². The van der Waals surface area contributed by atoms with Gasteiger partial charge in [0.05, 0.1) is 12.5 Å². The van der Waals surface area contributed by atoms with Crippen LogP contribution < -0.4 is 5.73 Å². The van der Waals surface area contributed by atoms with Crippen LogP contribution in [0.1, 0.15) is 99.8 Å². The van der Waals surface area contributed by atoms with Crippen molar-refractivity contribution in [2.24, 2.45) is 50.1 Å². The number of Topliss-reactive ketones (excluding diaryl/α,β-unsaturated/α-hetero) is 2. The van der Waals surface area contributed by atoms with E-state index >= 15 is 0 Å². The van der Waals surface area contributed by atoms with Gasteiger partial charge in [0, 0.05) is 11.8 Å². The molecule has 5 rings (SSSR count). The third-order valence-corrected chi connectivity index (χ3v) is 12.3. The Labute approximate surface area is 212 Å². The molecule has 0 amide bonds. The summed E-state index contributed by atoms with van der Waals surface area (Å²) in [6, 6.07) is 0. The second-order valence-electron chi connectivity index (χ2n) is 14.8. The fourth-order valence-electron chi connectivity index (χ4n) is 9.96. The molecule has 0 aromatic carbocycles. The summed E-state index contributed by atoms with van der Waals surface area (Å²) in [5, 5.41) is 0. The molecule has 0 aliphatic heterocycles. The predicted molar refractivity (Wildman–Crippen MR) is 138 cm³/mol.